The quantitative estimate of drug-likeness (QED) is 0.0520. The third-order valence-corrected chi connectivity index (χ3v) is 6.32. The molecular formula is C28H56I2O11. The molecule has 13 heteroatoms. The number of hydrogen-bond acceptors (Lipinski definition) is 11. The molecule has 0 spiro atoms. The van der Waals surface area contributed by atoms with Crippen molar-refractivity contribution in [2.75, 3.05) is 154 Å². The molecule has 0 aromatic rings. The average Bonchev–Trinajstić information content (AvgIpc) is 2.98. The summed E-state index contributed by atoms with van der Waals surface area (Å²) in [4.78, 5) is 0. The summed E-state index contributed by atoms with van der Waals surface area (Å²) in [7, 11) is 0. The maximum absolute atomic E-state index is 5.55. The second-order valence-electron chi connectivity index (χ2n) is 8.53. The van der Waals surface area contributed by atoms with Crippen molar-refractivity contribution >= 4 is 45.2 Å². The van der Waals surface area contributed by atoms with Gasteiger partial charge in [0.2, 0.25) is 0 Å². The highest BCUT2D eigenvalue weighted by atomic mass is 127. The maximum atomic E-state index is 5.55. The first-order valence-electron chi connectivity index (χ1n) is 14.9. The van der Waals surface area contributed by atoms with Crippen LogP contribution >= 0.6 is 45.2 Å². The van der Waals surface area contributed by atoms with E-state index in [0.29, 0.717) is 132 Å². The summed E-state index contributed by atoms with van der Waals surface area (Å²) in [6, 6.07) is 0. The molecule has 0 aliphatic carbocycles. The molecule has 41 heavy (non-hydrogen) atoms. The van der Waals surface area contributed by atoms with E-state index >= 15 is 0 Å². The van der Waals surface area contributed by atoms with Crippen molar-refractivity contribution in [3.63, 3.8) is 0 Å². The van der Waals surface area contributed by atoms with E-state index in [1.165, 1.54) is 23.7 Å². The molecule has 0 aromatic heterocycles. The van der Waals surface area contributed by atoms with Crippen LogP contribution in [0.15, 0.2) is 0 Å². The topological polar surface area (TPSA) is 102 Å². The largest absolute Gasteiger partial charge is 0.379 e. The van der Waals surface area contributed by atoms with Gasteiger partial charge >= 0.3 is 0 Å². The number of hydrogen-bond donors (Lipinski definition) is 0. The van der Waals surface area contributed by atoms with Gasteiger partial charge in [0.05, 0.1) is 139 Å². The number of ether oxygens (including phenoxy) is 11. The van der Waals surface area contributed by atoms with Gasteiger partial charge in [-0.2, -0.15) is 0 Å². The minimum atomic E-state index is 0.527. The van der Waals surface area contributed by atoms with E-state index in [4.69, 9.17) is 52.1 Å². The molecule has 11 nitrogen and oxygen atoms in total. The summed E-state index contributed by atoms with van der Waals surface area (Å²) in [6.45, 7) is 12.7. The normalized spacial score (nSPS) is 11.6. The van der Waals surface area contributed by atoms with Crippen molar-refractivity contribution in [1.82, 2.24) is 0 Å². The predicted molar refractivity (Wildman–Crippen MR) is 175 cm³/mol. The molecule has 0 rings (SSSR count). The Labute approximate surface area is 275 Å². The smallest absolute Gasteiger partial charge is 0.0701 e. The molecule has 248 valence electrons. The van der Waals surface area contributed by atoms with Gasteiger partial charge in [-0.25, -0.2) is 0 Å². The van der Waals surface area contributed by atoms with Crippen LogP contribution in [-0.2, 0) is 52.1 Å². The number of alkyl halides is 2. The van der Waals surface area contributed by atoms with Gasteiger partial charge in [-0.3, -0.25) is 0 Å². The highest BCUT2D eigenvalue weighted by Gasteiger charge is 1.96. The lowest BCUT2D eigenvalue weighted by atomic mass is 10.2. The highest BCUT2D eigenvalue weighted by Crippen LogP contribution is 2.02. The molecule has 0 N–H and O–H groups in total. The molecule has 0 aromatic carbocycles. The van der Waals surface area contributed by atoms with Crippen molar-refractivity contribution in [3.8, 4) is 0 Å². The van der Waals surface area contributed by atoms with Crippen LogP contribution in [0.3, 0.4) is 0 Å². The third kappa shape index (κ3) is 41.0. The monoisotopic (exact) mass is 822 g/mol. The summed E-state index contributed by atoms with van der Waals surface area (Å²) in [5, 5.41) is 0. The first-order valence-corrected chi connectivity index (χ1v) is 17.9. The predicted octanol–water partition coefficient (Wildman–Crippen LogP) is 3.60. The molecule has 0 saturated carbocycles. The molecule has 0 saturated heterocycles. The summed E-state index contributed by atoms with van der Waals surface area (Å²) < 4.78 is 62.3. The first-order chi connectivity index (χ1) is 20.4. The summed E-state index contributed by atoms with van der Waals surface area (Å²) in [5.41, 5.74) is 0. The van der Waals surface area contributed by atoms with E-state index in [0.717, 1.165) is 24.1 Å². The Balaban J connectivity index is 3.02. The van der Waals surface area contributed by atoms with Crippen LogP contribution in [0, 0.1) is 0 Å². The lowest BCUT2D eigenvalue weighted by Crippen LogP contribution is -2.15. The van der Waals surface area contributed by atoms with Crippen LogP contribution in [0.4, 0.5) is 0 Å². The molecule has 0 atom stereocenters. The minimum Gasteiger partial charge on any atom is -0.379 e. The van der Waals surface area contributed by atoms with Crippen LogP contribution < -0.4 is 0 Å². The van der Waals surface area contributed by atoms with E-state index in [1.807, 2.05) is 0 Å². The van der Waals surface area contributed by atoms with Gasteiger partial charge in [0.1, 0.15) is 0 Å². The third-order valence-electron chi connectivity index (χ3n) is 5.11. The van der Waals surface area contributed by atoms with Gasteiger partial charge in [-0.1, -0.05) is 58.0 Å². The van der Waals surface area contributed by atoms with Crippen molar-refractivity contribution in [3.05, 3.63) is 0 Å². The van der Waals surface area contributed by atoms with E-state index < -0.39 is 0 Å². The average molecular weight is 823 g/mol. The molecular weight excluding hydrogens is 766 g/mol. The number of unbranched alkanes of at least 4 members (excludes halogenated alkanes) is 3. The van der Waals surface area contributed by atoms with E-state index in [1.54, 1.807) is 0 Å². The van der Waals surface area contributed by atoms with Crippen molar-refractivity contribution < 1.29 is 52.1 Å². The number of halogens is 2. The molecule has 0 amide bonds. The second-order valence-corrected chi connectivity index (χ2v) is 10.7. The molecule has 0 unspecified atom stereocenters. The van der Waals surface area contributed by atoms with E-state index in [-0.39, 0.29) is 0 Å². The van der Waals surface area contributed by atoms with Crippen LogP contribution in [0.1, 0.15) is 25.7 Å². The van der Waals surface area contributed by atoms with Gasteiger partial charge in [-0.15, -0.1) is 0 Å². The number of rotatable bonds is 38. The standard InChI is InChI=1S/C28H56I2O11/c29-5-3-1-2-4-7-31-9-11-33-13-15-35-17-19-37-21-23-39-25-27-41-28-26-40-24-22-38-20-18-36-16-14-34-12-10-32-8-6-30/h1-28H2. The molecule has 0 aliphatic rings. The summed E-state index contributed by atoms with van der Waals surface area (Å²) in [6.07, 6.45) is 4.99. The summed E-state index contributed by atoms with van der Waals surface area (Å²) in [5.74, 6) is 0. The zero-order valence-corrected chi connectivity index (χ0v) is 29.4. The maximum Gasteiger partial charge on any atom is 0.0701 e. The Bertz CT molecular complexity index is 419. The fourth-order valence-electron chi connectivity index (χ4n) is 3.01. The van der Waals surface area contributed by atoms with Crippen molar-refractivity contribution in [2.24, 2.45) is 0 Å². The molecule has 0 fully saturated rings. The van der Waals surface area contributed by atoms with E-state index in [9.17, 15) is 0 Å². The van der Waals surface area contributed by atoms with Crippen LogP contribution in [-0.4, -0.2) is 154 Å². The van der Waals surface area contributed by atoms with Gasteiger partial charge in [0.25, 0.3) is 0 Å². The SMILES string of the molecule is ICCCCCCOCCOCCOCCOCCOCCOCCOCCOCCOCCOCCOCCI. The van der Waals surface area contributed by atoms with Gasteiger partial charge in [0.15, 0.2) is 0 Å². The Kier molecular flexibility index (Phi) is 42.0. The molecule has 0 aliphatic heterocycles. The molecule has 0 heterocycles. The minimum absolute atomic E-state index is 0.527. The highest BCUT2D eigenvalue weighted by molar-refractivity contribution is 14.1. The second kappa shape index (κ2) is 41.0. The molecule has 0 radical (unpaired) electrons. The van der Waals surface area contributed by atoms with Crippen LogP contribution in [0.5, 0.6) is 0 Å². The molecule has 0 bridgehead atoms. The fourth-order valence-corrected chi connectivity index (χ4v) is 3.86. The van der Waals surface area contributed by atoms with Crippen molar-refractivity contribution in [1.29, 1.82) is 0 Å². The zero-order valence-electron chi connectivity index (χ0n) is 25.0. The van der Waals surface area contributed by atoms with Crippen LogP contribution in [0.25, 0.3) is 0 Å². The lowest BCUT2D eigenvalue weighted by Gasteiger charge is -2.09. The Hall–Kier alpha value is 1.02. The Morgan fingerprint density at radius 3 is 0.659 bits per heavy atom. The van der Waals surface area contributed by atoms with Gasteiger partial charge in [-0.05, 0) is 17.3 Å². The van der Waals surface area contributed by atoms with Gasteiger partial charge < -0.3 is 52.1 Å². The summed E-state index contributed by atoms with van der Waals surface area (Å²) >= 11 is 4.70. The van der Waals surface area contributed by atoms with Gasteiger partial charge in [0, 0.05) is 11.0 Å². The fraction of sp³-hybridized carbons (Fsp3) is 1.00. The van der Waals surface area contributed by atoms with Crippen molar-refractivity contribution in [2.45, 2.75) is 25.7 Å². The zero-order chi connectivity index (χ0) is 29.6. The van der Waals surface area contributed by atoms with E-state index in [2.05, 4.69) is 45.2 Å². The Morgan fingerprint density at radius 1 is 0.195 bits per heavy atom. The Morgan fingerprint density at radius 2 is 0.415 bits per heavy atom. The first kappa shape index (κ1) is 42.0. The lowest BCUT2D eigenvalue weighted by molar-refractivity contribution is -0.0273. The van der Waals surface area contributed by atoms with Crippen LogP contribution in [0.2, 0.25) is 0 Å².